The standard InChI is InChI=1S/C18H23F3N4/c1-4-9-25(10-5-2)17-22-13(3)11-16(24-17)23-15-8-6-7-14(12-15)18(19,20)21/h6-8,11-12H,4-5,9-10H2,1-3H3,(H,22,23,24). The molecular formula is C18H23F3N4. The smallest absolute Gasteiger partial charge is 0.341 e. The number of benzene rings is 1. The lowest BCUT2D eigenvalue weighted by atomic mass is 10.2. The van der Waals surface area contributed by atoms with Crippen molar-refractivity contribution in [3.63, 3.8) is 0 Å². The summed E-state index contributed by atoms with van der Waals surface area (Å²) >= 11 is 0. The van der Waals surface area contributed by atoms with Crippen molar-refractivity contribution in [1.82, 2.24) is 9.97 Å². The van der Waals surface area contributed by atoms with Crippen LogP contribution in [-0.4, -0.2) is 23.1 Å². The summed E-state index contributed by atoms with van der Waals surface area (Å²) in [6.45, 7) is 7.68. The van der Waals surface area contributed by atoms with Crippen molar-refractivity contribution in [2.75, 3.05) is 23.3 Å². The molecule has 0 fully saturated rings. The highest BCUT2D eigenvalue weighted by Gasteiger charge is 2.30. The van der Waals surface area contributed by atoms with Crippen LogP contribution in [-0.2, 0) is 6.18 Å². The second kappa shape index (κ2) is 8.18. The molecule has 7 heteroatoms. The fourth-order valence-electron chi connectivity index (χ4n) is 2.53. The summed E-state index contributed by atoms with van der Waals surface area (Å²) in [5.41, 5.74) is 0.412. The lowest BCUT2D eigenvalue weighted by Gasteiger charge is -2.22. The van der Waals surface area contributed by atoms with E-state index in [4.69, 9.17) is 0 Å². The van der Waals surface area contributed by atoms with Gasteiger partial charge in [0.2, 0.25) is 5.95 Å². The Bertz CT molecular complexity index is 695. The molecule has 25 heavy (non-hydrogen) atoms. The first-order chi connectivity index (χ1) is 11.8. The average Bonchev–Trinajstić information content (AvgIpc) is 2.53. The number of nitrogens with one attached hydrogen (secondary N) is 1. The monoisotopic (exact) mass is 352 g/mol. The number of aromatic nitrogens is 2. The lowest BCUT2D eigenvalue weighted by Crippen LogP contribution is -2.27. The van der Waals surface area contributed by atoms with Crippen molar-refractivity contribution in [3.8, 4) is 0 Å². The highest BCUT2D eigenvalue weighted by molar-refractivity contribution is 5.59. The van der Waals surface area contributed by atoms with Crippen LogP contribution in [0.2, 0.25) is 0 Å². The first-order valence-electron chi connectivity index (χ1n) is 8.38. The second-order valence-corrected chi connectivity index (χ2v) is 5.89. The Kier molecular flexibility index (Phi) is 6.22. The van der Waals surface area contributed by atoms with Crippen molar-refractivity contribution in [3.05, 3.63) is 41.6 Å². The summed E-state index contributed by atoms with van der Waals surface area (Å²) in [6, 6.07) is 6.81. The van der Waals surface area contributed by atoms with Crippen molar-refractivity contribution >= 4 is 17.5 Å². The summed E-state index contributed by atoms with van der Waals surface area (Å²) in [5.74, 6) is 1.08. The van der Waals surface area contributed by atoms with E-state index in [9.17, 15) is 13.2 Å². The molecule has 0 saturated carbocycles. The molecule has 0 aliphatic rings. The minimum Gasteiger partial charge on any atom is -0.341 e. The van der Waals surface area contributed by atoms with Gasteiger partial charge in [-0.2, -0.15) is 18.2 Å². The highest BCUT2D eigenvalue weighted by Crippen LogP contribution is 2.31. The van der Waals surface area contributed by atoms with Gasteiger partial charge < -0.3 is 10.2 Å². The van der Waals surface area contributed by atoms with Gasteiger partial charge in [0.1, 0.15) is 5.82 Å². The Balaban J connectivity index is 2.28. The molecule has 0 atom stereocenters. The zero-order valence-corrected chi connectivity index (χ0v) is 14.7. The molecule has 1 heterocycles. The van der Waals surface area contributed by atoms with E-state index in [1.54, 1.807) is 12.1 Å². The second-order valence-electron chi connectivity index (χ2n) is 5.89. The van der Waals surface area contributed by atoms with Gasteiger partial charge >= 0.3 is 6.18 Å². The molecule has 0 unspecified atom stereocenters. The predicted molar refractivity (Wildman–Crippen MR) is 94.3 cm³/mol. The zero-order chi connectivity index (χ0) is 18.4. The Hall–Kier alpha value is -2.31. The van der Waals surface area contributed by atoms with Crippen molar-refractivity contribution < 1.29 is 13.2 Å². The number of nitrogens with zero attached hydrogens (tertiary/aromatic N) is 3. The third kappa shape index (κ3) is 5.34. The molecule has 2 rings (SSSR count). The minimum atomic E-state index is -4.37. The molecule has 2 aromatic rings. The molecule has 0 radical (unpaired) electrons. The Morgan fingerprint density at radius 3 is 2.32 bits per heavy atom. The van der Waals surface area contributed by atoms with Crippen LogP contribution in [0.1, 0.15) is 37.9 Å². The summed E-state index contributed by atoms with van der Waals surface area (Å²) in [5, 5.41) is 2.96. The number of halogens is 3. The maximum absolute atomic E-state index is 12.9. The van der Waals surface area contributed by atoms with Crippen LogP contribution >= 0.6 is 0 Å². The molecule has 0 saturated heterocycles. The fraction of sp³-hybridized carbons (Fsp3) is 0.444. The van der Waals surface area contributed by atoms with Crippen LogP contribution in [0.5, 0.6) is 0 Å². The summed E-state index contributed by atoms with van der Waals surface area (Å²) in [4.78, 5) is 11.0. The lowest BCUT2D eigenvalue weighted by molar-refractivity contribution is -0.137. The van der Waals surface area contributed by atoms with Crippen LogP contribution in [0.3, 0.4) is 0 Å². The number of aryl methyl sites for hydroxylation is 1. The van der Waals surface area contributed by atoms with E-state index in [0.717, 1.165) is 43.8 Å². The van der Waals surface area contributed by atoms with Gasteiger partial charge in [-0.05, 0) is 38.0 Å². The van der Waals surface area contributed by atoms with E-state index in [-0.39, 0.29) is 0 Å². The normalized spacial score (nSPS) is 11.4. The molecule has 1 aromatic carbocycles. The maximum Gasteiger partial charge on any atom is 0.416 e. The van der Waals surface area contributed by atoms with Gasteiger partial charge in [0.25, 0.3) is 0 Å². The van der Waals surface area contributed by atoms with E-state index in [1.807, 2.05) is 6.92 Å². The predicted octanol–water partition coefficient (Wildman–Crippen LogP) is 5.17. The first kappa shape index (κ1) is 19.0. The van der Waals surface area contributed by atoms with Crippen LogP contribution in [0.25, 0.3) is 0 Å². The van der Waals surface area contributed by atoms with E-state index < -0.39 is 11.7 Å². The molecular weight excluding hydrogens is 329 g/mol. The molecule has 0 bridgehead atoms. The topological polar surface area (TPSA) is 41.1 Å². The van der Waals surface area contributed by atoms with Crippen LogP contribution in [0.4, 0.5) is 30.6 Å². The molecule has 4 nitrogen and oxygen atoms in total. The van der Waals surface area contributed by atoms with Gasteiger partial charge in [-0.3, -0.25) is 0 Å². The van der Waals surface area contributed by atoms with Crippen molar-refractivity contribution in [1.29, 1.82) is 0 Å². The Morgan fingerprint density at radius 2 is 1.72 bits per heavy atom. The summed E-state index contributed by atoms with van der Waals surface area (Å²) < 4.78 is 38.6. The minimum absolute atomic E-state index is 0.344. The number of rotatable bonds is 7. The molecule has 0 aliphatic heterocycles. The van der Waals surface area contributed by atoms with Crippen molar-refractivity contribution in [2.24, 2.45) is 0 Å². The average molecular weight is 352 g/mol. The number of anilines is 3. The van der Waals surface area contributed by atoms with Crippen LogP contribution in [0, 0.1) is 6.92 Å². The van der Waals surface area contributed by atoms with Gasteiger partial charge in [0, 0.05) is 30.5 Å². The van der Waals surface area contributed by atoms with E-state index in [1.165, 1.54) is 6.07 Å². The molecule has 0 amide bonds. The van der Waals surface area contributed by atoms with Crippen LogP contribution in [0.15, 0.2) is 30.3 Å². The van der Waals surface area contributed by atoms with E-state index in [2.05, 4.69) is 34.0 Å². The Labute approximate surface area is 146 Å². The molecule has 1 aromatic heterocycles. The van der Waals surface area contributed by atoms with Gasteiger partial charge in [-0.25, -0.2) is 4.98 Å². The third-order valence-corrected chi connectivity index (χ3v) is 3.57. The third-order valence-electron chi connectivity index (χ3n) is 3.57. The summed E-state index contributed by atoms with van der Waals surface area (Å²) in [6.07, 6.45) is -2.44. The summed E-state index contributed by atoms with van der Waals surface area (Å²) in [7, 11) is 0. The molecule has 0 aliphatic carbocycles. The van der Waals surface area contributed by atoms with Crippen LogP contribution < -0.4 is 10.2 Å². The number of hydrogen-bond acceptors (Lipinski definition) is 4. The van der Waals surface area contributed by atoms with Gasteiger partial charge in [-0.1, -0.05) is 19.9 Å². The Morgan fingerprint density at radius 1 is 1.04 bits per heavy atom. The largest absolute Gasteiger partial charge is 0.416 e. The molecule has 136 valence electrons. The van der Waals surface area contributed by atoms with Gasteiger partial charge in [0.15, 0.2) is 0 Å². The molecule has 1 N–H and O–H groups in total. The van der Waals surface area contributed by atoms with Gasteiger partial charge in [0.05, 0.1) is 5.56 Å². The molecule has 0 spiro atoms. The van der Waals surface area contributed by atoms with E-state index in [0.29, 0.717) is 17.5 Å². The van der Waals surface area contributed by atoms with E-state index >= 15 is 0 Å². The number of alkyl halides is 3. The first-order valence-corrected chi connectivity index (χ1v) is 8.38. The van der Waals surface area contributed by atoms with Gasteiger partial charge in [-0.15, -0.1) is 0 Å². The van der Waals surface area contributed by atoms with Crippen molar-refractivity contribution in [2.45, 2.75) is 39.8 Å². The maximum atomic E-state index is 12.9. The SMILES string of the molecule is CCCN(CCC)c1nc(C)cc(Nc2cccc(C(F)(F)F)c2)n1. The zero-order valence-electron chi connectivity index (χ0n) is 14.7. The number of hydrogen-bond donors (Lipinski definition) is 1. The highest BCUT2D eigenvalue weighted by atomic mass is 19.4. The quantitative estimate of drug-likeness (QED) is 0.746. The fourth-order valence-corrected chi connectivity index (χ4v) is 2.53.